The summed E-state index contributed by atoms with van der Waals surface area (Å²) in [7, 11) is 0. The van der Waals surface area contributed by atoms with Crippen LogP contribution in [0, 0.1) is 0 Å². The van der Waals surface area contributed by atoms with Crippen LogP contribution in [0.15, 0.2) is 18.3 Å². The number of pyridine rings is 1. The van der Waals surface area contributed by atoms with Crippen LogP contribution in [-0.4, -0.2) is 36.3 Å². The van der Waals surface area contributed by atoms with Gasteiger partial charge in [-0.05, 0) is 45.4 Å². The molecule has 0 amide bonds. The molecule has 0 aliphatic carbocycles. The van der Waals surface area contributed by atoms with Crippen LogP contribution in [0.1, 0.15) is 39.7 Å². The van der Waals surface area contributed by atoms with Gasteiger partial charge in [0.25, 0.3) is 0 Å². The van der Waals surface area contributed by atoms with Crippen LogP contribution in [0.25, 0.3) is 0 Å². The summed E-state index contributed by atoms with van der Waals surface area (Å²) >= 11 is 0. The molecule has 1 fully saturated rings. The van der Waals surface area contributed by atoms with Crippen LogP contribution >= 0.6 is 0 Å². The fourth-order valence-corrected chi connectivity index (χ4v) is 2.75. The number of anilines is 1. The second-order valence-electron chi connectivity index (χ2n) is 6.27. The number of rotatable bonds is 5. The van der Waals surface area contributed by atoms with Gasteiger partial charge in [-0.1, -0.05) is 13.0 Å². The minimum absolute atomic E-state index is 0.110. The first-order chi connectivity index (χ1) is 9.50. The zero-order chi connectivity index (χ0) is 14.6. The molecule has 0 radical (unpaired) electrons. The Morgan fingerprint density at radius 1 is 1.45 bits per heavy atom. The Kier molecular flexibility index (Phi) is 5.00. The topological polar surface area (TPSA) is 37.4 Å². The van der Waals surface area contributed by atoms with E-state index in [9.17, 15) is 0 Å². The van der Waals surface area contributed by atoms with E-state index in [0.717, 1.165) is 38.4 Å². The standard InChI is InChI=1S/C16H27N3O/c1-5-8-17-9-14-6-7-15(18-10-14)19-11-13(2)20-16(3,4)12-19/h6-7,10,13,17H,5,8-9,11-12H2,1-4H3. The molecule has 2 rings (SSSR count). The zero-order valence-corrected chi connectivity index (χ0v) is 13.1. The molecule has 1 atom stereocenters. The lowest BCUT2D eigenvalue weighted by atomic mass is 10.1. The minimum atomic E-state index is -0.110. The maximum Gasteiger partial charge on any atom is 0.128 e. The van der Waals surface area contributed by atoms with Gasteiger partial charge in [-0.25, -0.2) is 4.98 Å². The third-order valence-corrected chi connectivity index (χ3v) is 3.46. The van der Waals surface area contributed by atoms with Crippen molar-refractivity contribution in [3.8, 4) is 0 Å². The smallest absolute Gasteiger partial charge is 0.128 e. The lowest BCUT2D eigenvalue weighted by molar-refractivity contribution is -0.0751. The van der Waals surface area contributed by atoms with E-state index in [-0.39, 0.29) is 11.7 Å². The van der Waals surface area contributed by atoms with Gasteiger partial charge in [0.2, 0.25) is 0 Å². The molecule has 0 spiro atoms. The third kappa shape index (κ3) is 4.18. The molecule has 112 valence electrons. The van der Waals surface area contributed by atoms with Crippen molar-refractivity contribution in [1.29, 1.82) is 0 Å². The third-order valence-electron chi connectivity index (χ3n) is 3.46. The maximum atomic E-state index is 5.94. The monoisotopic (exact) mass is 277 g/mol. The Morgan fingerprint density at radius 3 is 2.85 bits per heavy atom. The number of hydrogen-bond acceptors (Lipinski definition) is 4. The highest BCUT2D eigenvalue weighted by atomic mass is 16.5. The lowest BCUT2D eigenvalue weighted by Gasteiger charge is -2.42. The van der Waals surface area contributed by atoms with Crippen LogP contribution < -0.4 is 10.2 Å². The van der Waals surface area contributed by atoms with Crippen molar-refractivity contribution in [3.05, 3.63) is 23.9 Å². The number of morpholine rings is 1. The second-order valence-corrected chi connectivity index (χ2v) is 6.27. The van der Waals surface area contributed by atoms with E-state index in [2.05, 4.69) is 55.0 Å². The summed E-state index contributed by atoms with van der Waals surface area (Å²) in [6, 6.07) is 4.29. The van der Waals surface area contributed by atoms with Crippen molar-refractivity contribution in [3.63, 3.8) is 0 Å². The van der Waals surface area contributed by atoms with Crippen molar-refractivity contribution in [1.82, 2.24) is 10.3 Å². The number of aromatic nitrogens is 1. The number of ether oxygens (including phenoxy) is 1. The summed E-state index contributed by atoms with van der Waals surface area (Å²) in [5.74, 6) is 1.05. The average molecular weight is 277 g/mol. The van der Waals surface area contributed by atoms with E-state index in [1.807, 2.05) is 6.20 Å². The predicted octanol–water partition coefficient (Wildman–Crippen LogP) is 2.58. The molecule has 1 unspecified atom stereocenters. The number of hydrogen-bond donors (Lipinski definition) is 1. The minimum Gasteiger partial charge on any atom is -0.369 e. The SMILES string of the molecule is CCCNCc1ccc(N2CC(C)OC(C)(C)C2)nc1. The Morgan fingerprint density at radius 2 is 2.25 bits per heavy atom. The first kappa shape index (κ1) is 15.3. The van der Waals surface area contributed by atoms with Gasteiger partial charge in [0.1, 0.15) is 5.82 Å². The molecule has 0 saturated carbocycles. The Labute approximate surface area is 122 Å². The Hall–Kier alpha value is -1.13. The van der Waals surface area contributed by atoms with Crippen LogP contribution in [-0.2, 0) is 11.3 Å². The summed E-state index contributed by atoms with van der Waals surface area (Å²) < 4.78 is 5.94. The van der Waals surface area contributed by atoms with Gasteiger partial charge >= 0.3 is 0 Å². The molecule has 1 aromatic rings. The van der Waals surface area contributed by atoms with Crippen LogP contribution in [0.5, 0.6) is 0 Å². The number of nitrogens with zero attached hydrogens (tertiary/aromatic N) is 2. The van der Waals surface area contributed by atoms with Gasteiger partial charge < -0.3 is 15.0 Å². The molecular weight excluding hydrogens is 250 g/mol. The normalized spacial score (nSPS) is 22.0. The number of nitrogens with one attached hydrogen (secondary N) is 1. The highest BCUT2D eigenvalue weighted by molar-refractivity contribution is 5.40. The maximum absolute atomic E-state index is 5.94. The molecule has 1 aliphatic rings. The van der Waals surface area contributed by atoms with Crippen molar-refractivity contribution in [2.24, 2.45) is 0 Å². The molecule has 1 saturated heterocycles. The van der Waals surface area contributed by atoms with Gasteiger partial charge in [0.15, 0.2) is 0 Å². The van der Waals surface area contributed by atoms with Gasteiger partial charge in [-0.15, -0.1) is 0 Å². The van der Waals surface area contributed by atoms with E-state index in [0.29, 0.717) is 0 Å². The van der Waals surface area contributed by atoms with E-state index in [4.69, 9.17) is 4.74 Å². The van der Waals surface area contributed by atoms with Crippen molar-refractivity contribution in [2.75, 3.05) is 24.5 Å². The van der Waals surface area contributed by atoms with Crippen molar-refractivity contribution in [2.45, 2.75) is 52.4 Å². The molecule has 4 heteroatoms. The molecule has 1 aromatic heterocycles. The Balaban J connectivity index is 1.98. The quantitative estimate of drug-likeness (QED) is 0.840. The van der Waals surface area contributed by atoms with E-state index in [1.54, 1.807) is 0 Å². The van der Waals surface area contributed by atoms with Crippen LogP contribution in [0.3, 0.4) is 0 Å². The second kappa shape index (κ2) is 6.55. The molecule has 1 aliphatic heterocycles. The summed E-state index contributed by atoms with van der Waals surface area (Å²) in [6.45, 7) is 12.3. The first-order valence-electron chi connectivity index (χ1n) is 7.58. The zero-order valence-electron chi connectivity index (χ0n) is 13.1. The van der Waals surface area contributed by atoms with E-state index >= 15 is 0 Å². The van der Waals surface area contributed by atoms with Gasteiger partial charge in [-0.3, -0.25) is 0 Å². The summed E-state index contributed by atoms with van der Waals surface area (Å²) in [5.41, 5.74) is 1.13. The van der Waals surface area contributed by atoms with E-state index < -0.39 is 0 Å². The highest BCUT2D eigenvalue weighted by Crippen LogP contribution is 2.24. The molecular formula is C16H27N3O. The molecule has 1 N–H and O–H groups in total. The largest absolute Gasteiger partial charge is 0.369 e. The average Bonchev–Trinajstić information content (AvgIpc) is 2.37. The van der Waals surface area contributed by atoms with Crippen LogP contribution in [0.4, 0.5) is 5.82 Å². The van der Waals surface area contributed by atoms with Crippen LogP contribution in [0.2, 0.25) is 0 Å². The van der Waals surface area contributed by atoms with Gasteiger partial charge in [0, 0.05) is 25.8 Å². The first-order valence-corrected chi connectivity index (χ1v) is 7.58. The van der Waals surface area contributed by atoms with Gasteiger partial charge in [-0.2, -0.15) is 0 Å². The van der Waals surface area contributed by atoms with E-state index in [1.165, 1.54) is 5.56 Å². The van der Waals surface area contributed by atoms with Gasteiger partial charge in [0.05, 0.1) is 11.7 Å². The fourth-order valence-electron chi connectivity index (χ4n) is 2.75. The summed E-state index contributed by atoms with van der Waals surface area (Å²) in [5, 5.41) is 3.40. The lowest BCUT2D eigenvalue weighted by Crippen LogP contribution is -2.52. The predicted molar refractivity (Wildman–Crippen MR) is 83.1 cm³/mol. The molecule has 0 bridgehead atoms. The molecule has 2 heterocycles. The fraction of sp³-hybridized carbons (Fsp3) is 0.688. The van der Waals surface area contributed by atoms with Crippen molar-refractivity contribution < 1.29 is 4.74 Å². The summed E-state index contributed by atoms with van der Waals surface area (Å²) in [6.07, 6.45) is 3.38. The summed E-state index contributed by atoms with van der Waals surface area (Å²) in [4.78, 5) is 6.93. The van der Waals surface area contributed by atoms with Crippen molar-refractivity contribution >= 4 is 5.82 Å². The molecule has 4 nitrogen and oxygen atoms in total. The highest BCUT2D eigenvalue weighted by Gasteiger charge is 2.31. The molecule has 0 aromatic carbocycles. The molecule has 20 heavy (non-hydrogen) atoms. The Bertz CT molecular complexity index is 416.